The van der Waals surface area contributed by atoms with Crippen LogP contribution < -0.4 is 14.4 Å². The molecule has 0 radical (unpaired) electrons. The van der Waals surface area contributed by atoms with Gasteiger partial charge in [0.2, 0.25) is 21.8 Å². The molecular weight excluding hydrogens is 654 g/mol. The molecule has 0 heterocycles. The fourth-order valence-electron chi connectivity index (χ4n) is 4.82. The zero-order chi connectivity index (χ0) is 32.2. The van der Waals surface area contributed by atoms with Crippen LogP contribution in [0.25, 0.3) is 0 Å². The molecule has 0 aromatic heterocycles. The summed E-state index contributed by atoms with van der Waals surface area (Å²) in [7, 11) is -3.88. The maximum Gasteiger partial charge on any atom is 0.244 e. The van der Waals surface area contributed by atoms with Crippen LogP contribution in [0.2, 0.25) is 0 Å². The van der Waals surface area contributed by atoms with Gasteiger partial charge in [0.25, 0.3) is 0 Å². The van der Waals surface area contributed by atoms with Gasteiger partial charge >= 0.3 is 0 Å². The lowest BCUT2D eigenvalue weighted by molar-refractivity contribution is -0.140. The average Bonchev–Trinajstić information content (AvgIpc) is 3.04. The van der Waals surface area contributed by atoms with Crippen LogP contribution in [0, 0.1) is 0 Å². The number of halogens is 1. The normalized spacial score (nSPS) is 11.8. The third kappa shape index (κ3) is 10.2. The van der Waals surface area contributed by atoms with E-state index >= 15 is 0 Å². The fraction of sp³-hybridized carbons (Fsp3) is 0.257. The van der Waals surface area contributed by atoms with Crippen molar-refractivity contribution in [1.82, 2.24) is 10.2 Å². The third-order valence-corrected chi connectivity index (χ3v) is 8.75. The van der Waals surface area contributed by atoms with Crippen LogP contribution >= 0.6 is 15.9 Å². The van der Waals surface area contributed by atoms with E-state index in [1.165, 1.54) is 4.90 Å². The minimum Gasteiger partial charge on any atom is -0.489 e. The quantitative estimate of drug-likeness (QED) is 0.166. The summed E-state index contributed by atoms with van der Waals surface area (Å²) in [6, 6.07) is 32.4. The van der Waals surface area contributed by atoms with Crippen molar-refractivity contribution >= 4 is 43.5 Å². The maximum atomic E-state index is 14.2. The molecule has 2 amide bonds. The standard InChI is InChI=1S/C35H38BrN3O5S/c1-3-21-37-35(41)33(23-27-11-6-4-7-12-27)38(24-29-15-10-16-30(36)22-29)34(40)25-39(45(2,42)43)31-17-19-32(20-18-31)44-26-28-13-8-5-9-14-28/h4-20,22,33H,3,21,23-26H2,1-2H3,(H,37,41)/t33-/m1/s1. The average molecular weight is 693 g/mol. The Hall–Kier alpha value is -4.15. The van der Waals surface area contributed by atoms with Crippen LogP contribution in [0.5, 0.6) is 5.75 Å². The third-order valence-electron chi connectivity index (χ3n) is 7.11. The number of nitrogens with zero attached hydrogens (tertiary/aromatic N) is 2. The molecule has 4 rings (SSSR count). The Bertz CT molecular complexity index is 1650. The summed E-state index contributed by atoms with van der Waals surface area (Å²) in [6.45, 7) is 2.40. The molecular formula is C35H38BrN3O5S. The van der Waals surface area contributed by atoms with E-state index in [1.807, 2.05) is 91.9 Å². The Kier molecular flexibility index (Phi) is 12.2. The molecule has 10 heteroatoms. The highest BCUT2D eigenvalue weighted by Crippen LogP contribution is 2.24. The van der Waals surface area contributed by atoms with E-state index in [1.54, 1.807) is 24.3 Å². The zero-order valence-electron chi connectivity index (χ0n) is 25.4. The summed E-state index contributed by atoms with van der Waals surface area (Å²) in [5.74, 6) is -0.235. The van der Waals surface area contributed by atoms with Crippen LogP contribution in [-0.4, -0.2) is 50.5 Å². The molecule has 0 saturated heterocycles. The van der Waals surface area contributed by atoms with Gasteiger partial charge in [-0.2, -0.15) is 0 Å². The van der Waals surface area contributed by atoms with Crippen molar-refractivity contribution in [1.29, 1.82) is 0 Å². The number of sulfonamides is 1. The van der Waals surface area contributed by atoms with Gasteiger partial charge in [-0.3, -0.25) is 13.9 Å². The lowest BCUT2D eigenvalue weighted by atomic mass is 10.0. The molecule has 236 valence electrons. The highest BCUT2D eigenvalue weighted by Gasteiger charge is 2.33. The van der Waals surface area contributed by atoms with E-state index in [9.17, 15) is 18.0 Å². The van der Waals surface area contributed by atoms with Crippen molar-refractivity contribution in [2.24, 2.45) is 0 Å². The highest BCUT2D eigenvalue weighted by atomic mass is 79.9. The van der Waals surface area contributed by atoms with E-state index in [0.717, 1.165) is 38.1 Å². The predicted molar refractivity (Wildman–Crippen MR) is 181 cm³/mol. The number of rotatable bonds is 15. The summed E-state index contributed by atoms with van der Waals surface area (Å²) >= 11 is 3.49. The first-order valence-electron chi connectivity index (χ1n) is 14.7. The van der Waals surface area contributed by atoms with Crippen molar-refractivity contribution in [2.75, 3.05) is 23.7 Å². The fourth-order valence-corrected chi connectivity index (χ4v) is 6.11. The second-order valence-corrected chi connectivity index (χ2v) is 13.5. The van der Waals surface area contributed by atoms with Gasteiger partial charge in [0.05, 0.1) is 11.9 Å². The van der Waals surface area contributed by atoms with Crippen LogP contribution in [0.1, 0.15) is 30.0 Å². The van der Waals surface area contributed by atoms with Gasteiger partial charge in [-0.05, 0) is 59.5 Å². The number of hydrogen-bond donors (Lipinski definition) is 1. The largest absolute Gasteiger partial charge is 0.489 e. The molecule has 0 spiro atoms. The van der Waals surface area contributed by atoms with Crippen molar-refractivity contribution in [3.05, 3.63) is 130 Å². The molecule has 0 aliphatic rings. The molecule has 0 aliphatic heterocycles. The minimum atomic E-state index is -3.88. The molecule has 0 bridgehead atoms. The van der Waals surface area contributed by atoms with Crippen molar-refractivity contribution in [2.45, 2.75) is 39.0 Å². The molecule has 0 unspecified atom stereocenters. The van der Waals surface area contributed by atoms with Gasteiger partial charge in [-0.15, -0.1) is 0 Å². The van der Waals surface area contributed by atoms with E-state index in [0.29, 0.717) is 24.6 Å². The molecule has 0 saturated carbocycles. The van der Waals surface area contributed by atoms with Gasteiger partial charge in [-0.25, -0.2) is 8.42 Å². The van der Waals surface area contributed by atoms with Crippen molar-refractivity contribution < 1.29 is 22.7 Å². The molecule has 8 nitrogen and oxygen atoms in total. The lowest BCUT2D eigenvalue weighted by Crippen LogP contribution is -2.53. The molecule has 0 aliphatic carbocycles. The first-order chi connectivity index (χ1) is 21.6. The Morgan fingerprint density at radius 1 is 0.844 bits per heavy atom. The maximum absolute atomic E-state index is 14.2. The van der Waals surface area contributed by atoms with Crippen molar-refractivity contribution in [3.8, 4) is 5.75 Å². The number of nitrogens with one attached hydrogen (secondary N) is 1. The number of anilines is 1. The van der Waals surface area contributed by atoms with Gasteiger partial charge in [0.15, 0.2) is 0 Å². The predicted octanol–water partition coefficient (Wildman–Crippen LogP) is 5.96. The molecule has 1 N–H and O–H groups in total. The summed E-state index contributed by atoms with van der Waals surface area (Å²) in [5, 5.41) is 2.94. The number of carbonyl (C=O) groups excluding carboxylic acids is 2. The monoisotopic (exact) mass is 691 g/mol. The SMILES string of the molecule is CCCNC(=O)[C@@H](Cc1ccccc1)N(Cc1cccc(Br)c1)C(=O)CN(c1ccc(OCc2ccccc2)cc1)S(C)(=O)=O. The second-order valence-electron chi connectivity index (χ2n) is 10.7. The molecule has 1 atom stereocenters. The zero-order valence-corrected chi connectivity index (χ0v) is 27.8. The van der Waals surface area contributed by atoms with Gasteiger partial charge in [0, 0.05) is 24.0 Å². The van der Waals surface area contributed by atoms with Crippen LogP contribution in [-0.2, 0) is 39.2 Å². The van der Waals surface area contributed by atoms with E-state index < -0.39 is 28.5 Å². The highest BCUT2D eigenvalue weighted by molar-refractivity contribution is 9.10. The number of amides is 2. The second kappa shape index (κ2) is 16.2. The Morgan fingerprint density at radius 2 is 1.47 bits per heavy atom. The summed E-state index contributed by atoms with van der Waals surface area (Å²) < 4.78 is 33.9. The minimum absolute atomic E-state index is 0.110. The van der Waals surface area contributed by atoms with E-state index in [4.69, 9.17) is 4.74 Å². The van der Waals surface area contributed by atoms with Crippen LogP contribution in [0.3, 0.4) is 0 Å². The van der Waals surface area contributed by atoms with Crippen LogP contribution in [0.15, 0.2) is 114 Å². The molecule has 45 heavy (non-hydrogen) atoms. The molecule has 4 aromatic rings. The van der Waals surface area contributed by atoms with E-state index in [2.05, 4.69) is 21.2 Å². The Morgan fingerprint density at radius 3 is 2.07 bits per heavy atom. The Balaban J connectivity index is 1.63. The summed E-state index contributed by atoms with van der Waals surface area (Å²) in [5.41, 5.74) is 3.00. The van der Waals surface area contributed by atoms with Gasteiger partial charge in [-0.1, -0.05) is 95.7 Å². The van der Waals surface area contributed by atoms with Gasteiger partial charge in [0.1, 0.15) is 24.9 Å². The van der Waals surface area contributed by atoms with E-state index in [-0.39, 0.29) is 18.9 Å². The van der Waals surface area contributed by atoms with Gasteiger partial charge < -0.3 is 15.0 Å². The number of ether oxygens (including phenoxy) is 1. The van der Waals surface area contributed by atoms with Crippen molar-refractivity contribution in [3.63, 3.8) is 0 Å². The number of benzene rings is 4. The lowest BCUT2D eigenvalue weighted by Gasteiger charge is -2.33. The smallest absolute Gasteiger partial charge is 0.244 e. The number of hydrogen-bond acceptors (Lipinski definition) is 5. The topological polar surface area (TPSA) is 96.0 Å². The first kappa shape index (κ1) is 33.7. The molecule has 0 fully saturated rings. The number of carbonyl (C=O) groups is 2. The summed E-state index contributed by atoms with van der Waals surface area (Å²) in [6.07, 6.45) is 2.06. The molecule has 4 aromatic carbocycles. The Labute approximate surface area is 274 Å². The first-order valence-corrected chi connectivity index (χ1v) is 17.4. The summed E-state index contributed by atoms with van der Waals surface area (Å²) in [4.78, 5) is 29.3. The van der Waals surface area contributed by atoms with Crippen LogP contribution in [0.4, 0.5) is 5.69 Å².